The van der Waals surface area contributed by atoms with Crippen molar-refractivity contribution in [1.29, 1.82) is 0 Å². The quantitative estimate of drug-likeness (QED) is 0.795. The summed E-state index contributed by atoms with van der Waals surface area (Å²) in [6, 6.07) is 4.15. The van der Waals surface area contributed by atoms with Gasteiger partial charge in [-0.3, -0.25) is 0 Å². The van der Waals surface area contributed by atoms with E-state index in [-0.39, 0.29) is 20.7 Å². The molecule has 1 aromatic carbocycles. The van der Waals surface area contributed by atoms with Crippen LogP contribution in [-0.4, -0.2) is 18.4 Å². The average molecular weight is 337 g/mol. The van der Waals surface area contributed by atoms with Gasteiger partial charge in [-0.15, -0.1) is 0 Å². The van der Waals surface area contributed by atoms with Gasteiger partial charge in [0.25, 0.3) is 0 Å². The summed E-state index contributed by atoms with van der Waals surface area (Å²) in [7, 11) is -2.38. The molecule has 0 aliphatic carbocycles. The molecule has 0 saturated carbocycles. The second-order valence-electron chi connectivity index (χ2n) is 2.99. The van der Waals surface area contributed by atoms with Crippen molar-refractivity contribution in [2.45, 2.75) is 11.8 Å². The summed E-state index contributed by atoms with van der Waals surface area (Å²) >= 11 is 11.5. The Labute approximate surface area is 115 Å². The van der Waals surface area contributed by atoms with Crippen LogP contribution >= 0.6 is 33.9 Å². The van der Waals surface area contributed by atoms with Crippen LogP contribution in [0.3, 0.4) is 0 Å². The van der Waals surface area contributed by atoms with Crippen LogP contribution in [0.5, 0.6) is 0 Å². The van der Waals surface area contributed by atoms with Gasteiger partial charge in [0.15, 0.2) is 0 Å². The third kappa shape index (κ3) is 3.99. The fraction of sp³-hybridized carbons (Fsp3) is 0.250. The molecule has 17 heavy (non-hydrogen) atoms. The van der Waals surface area contributed by atoms with Crippen LogP contribution < -0.4 is 0 Å². The largest absolute Gasteiger partial charge is 0.347 e. The summed E-state index contributed by atoms with van der Waals surface area (Å²) in [5.41, 5.74) is 0. The first kappa shape index (κ1) is 15.0. The number of halogens is 3. The van der Waals surface area contributed by atoms with E-state index in [0.717, 1.165) is 0 Å². The van der Waals surface area contributed by atoms with Crippen molar-refractivity contribution >= 4 is 52.9 Å². The summed E-state index contributed by atoms with van der Waals surface area (Å²) in [5.74, 6) is -0.00306. The fourth-order valence-corrected chi connectivity index (χ4v) is 5.10. The van der Waals surface area contributed by atoms with E-state index in [2.05, 4.69) is 3.77 Å². The van der Waals surface area contributed by atoms with Gasteiger partial charge in [0.1, 0.15) is 0 Å². The van der Waals surface area contributed by atoms with Gasteiger partial charge in [0.05, 0.1) is 24.7 Å². The highest BCUT2D eigenvalue weighted by Crippen LogP contribution is 2.27. The highest BCUT2D eigenvalue weighted by molar-refractivity contribution is 8.17. The zero-order valence-corrected chi connectivity index (χ0v) is 12.5. The van der Waals surface area contributed by atoms with Gasteiger partial charge < -0.3 is 0 Å². The Balaban J connectivity index is 3.53. The molecule has 0 unspecified atom stereocenters. The molecule has 0 N–H and O–H groups in total. The van der Waals surface area contributed by atoms with E-state index in [0.29, 0.717) is 0 Å². The molecule has 0 fully saturated rings. The molecule has 0 aliphatic rings. The second kappa shape index (κ2) is 5.32. The number of rotatable bonds is 3. The molecular formula is C8H8Cl3NO3S2. The van der Waals surface area contributed by atoms with Crippen molar-refractivity contribution in [2.24, 2.45) is 3.77 Å². The van der Waals surface area contributed by atoms with Crippen molar-refractivity contribution < 1.29 is 12.6 Å². The number of hydrogen-bond acceptors (Lipinski definition) is 3. The van der Waals surface area contributed by atoms with Gasteiger partial charge >= 0.3 is 9.24 Å². The third-order valence-corrected chi connectivity index (χ3v) is 6.55. The Morgan fingerprint density at radius 3 is 2.18 bits per heavy atom. The first-order chi connectivity index (χ1) is 7.68. The lowest BCUT2D eigenvalue weighted by molar-refractivity contribution is 0.611. The molecule has 0 aromatic heterocycles. The lowest BCUT2D eigenvalue weighted by atomic mass is 10.4. The summed E-state index contributed by atoms with van der Waals surface area (Å²) < 4.78 is 37.2. The van der Waals surface area contributed by atoms with Crippen LogP contribution in [0.15, 0.2) is 26.9 Å². The van der Waals surface area contributed by atoms with E-state index in [1.54, 1.807) is 0 Å². The van der Waals surface area contributed by atoms with Crippen molar-refractivity contribution in [3.8, 4) is 0 Å². The minimum absolute atomic E-state index is 0.00306. The summed E-state index contributed by atoms with van der Waals surface area (Å²) in [6.45, 7) is 1.54. The summed E-state index contributed by atoms with van der Waals surface area (Å²) in [4.78, 5) is 0.179. The van der Waals surface area contributed by atoms with E-state index in [9.17, 15) is 12.6 Å². The van der Waals surface area contributed by atoms with Gasteiger partial charge in [-0.2, -0.15) is 8.42 Å². The predicted molar refractivity (Wildman–Crippen MR) is 70.6 cm³/mol. The average Bonchev–Trinajstić information content (AvgIpc) is 2.19. The van der Waals surface area contributed by atoms with Gasteiger partial charge in [-0.1, -0.05) is 33.9 Å². The minimum atomic E-state index is -4.22. The molecule has 0 spiro atoms. The van der Waals surface area contributed by atoms with Crippen LogP contribution in [0, 0.1) is 0 Å². The first-order valence-corrected chi connectivity index (χ1v) is 9.04. The fourth-order valence-electron chi connectivity index (χ4n) is 1.08. The molecule has 0 bridgehead atoms. The second-order valence-corrected chi connectivity index (χ2v) is 8.73. The van der Waals surface area contributed by atoms with E-state index >= 15 is 0 Å². The Morgan fingerprint density at radius 2 is 1.76 bits per heavy atom. The van der Waals surface area contributed by atoms with Crippen LogP contribution in [0.4, 0.5) is 0 Å². The SMILES string of the molecule is CC[S@](=O)(=NS(=O)(=O)Cl)c1ccc(Cl)c(Cl)c1. The van der Waals surface area contributed by atoms with E-state index < -0.39 is 19.0 Å². The molecule has 1 rings (SSSR count). The summed E-state index contributed by atoms with van der Waals surface area (Å²) in [6.07, 6.45) is 0. The smallest absolute Gasteiger partial charge is 0.244 e. The maximum atomic E-state index is 12.3. The van der Waals surface area contributed by atoms with E-state index in [1.807, 2.05) is 0 Å². The Morgan fingerprint density at radius 1 is 1.18 bits per heavy atom. The highest BCUT2D eigenvalue weighted by atomic mass is 35.7. The Bertz CT molecular complexity index is 648. The maximum absolute atomic E-state index is 12.3. The normalized spacial score (nSPS) is 15.3. The zero-order chi connectivity index (χ0) is 13.3. The van der Waals surface area contributed by atoms with E-state index in [1.165, 1.54) is 25.1 Å². The molecule has 1 aromatic rings. The van der Waals surface area contributed by atoms with Gasteiger partial charge in [0.2, 0.25) is 0 Å². The topological polar surface area (TPSA) is 63.6 Å². The van der Waals surface area contributed by atoms with Crippen LogP contribution in [0.25, 0.3) is 0 Å². The number of nitrogens with zero attached hydrogens (tertiary/aromatic N) is 1. The van der Waals surface area contributed by atoms with Crippen LogP contribution in [-0.2, 0) is 19.0 Å². The zero-order valence-electron chi connectivity index (χ0n) is 8.56. The first-order valence-electron chi connectivity index (χ1n) is 4.34. The predicted octanol–water partition coefficient (Wildman–Crippen LogP) is 3.32. The molecule has 0 amide bonds. The summed E-state index contributed by atoms with van der Waals surface area (Å²) in [5, 5.41) is 0.453. The molecular weight excluding hydrogens is 329 g/mol. The molecule has 0 aliphatic heterocycles. The van der Waals surface area contributed by atoms with Crippen LogP contribution in [0.1, 0.15) is 6.92 Å². The van der Waals surface area contributed by atoms with Crippen molar-refractivity contribution in [3.05, 3.63) is 28.2 Å². The van der Waals surface area contributed by atoms with Gasteiger partial charge in [0, 0.05) is 16.4 Å². The third-order valence-electron chi connectivity index (χ3n) is 1.86. The molecule has 1 atom stereocenters. The molecule has 96 valence electrons. The van der Waals surface area contributed by atoms with Crippen molar-refractivity contribution in [1.82, 2.24) is 0 Å². The van der Waals surface area contributed by atoms with Crippen molar-refractivity contribution in [3.63, 3.8) is 0 Å². The molecule has 0 heterocycles. The van der Waals surface area contributed by atoms with Crippen LogP contribution in [0.2, 0.25) is 10.0 Å². The van der Waals surface area contributed by atoms with Gasteiger partial charge in [-0.25, -0.2) is 4.21 Å². The highest BCUT2D eigenvalue weighted by Gasteiger charge is 2.16. The van der Waals surface area contributed by atoms with E-state index in [4.69, 9.17) is 33.9 Å². The van der Waals surface area contributed by atoms with Crippen molar-refractivity contribution in [2.75, 3.05) is 5.75 Å². The number of benzene rings is 1. The Hall–Kier alpha value is -0.0100. The maximum Gasteiger partial charge on any atom is 0.347 e. The molecule has 0 radical (unpaired) electrons. The lowest BCUT2D eigenvalue weighted by Gasteiger charge is -2.07. The molecule has 0 saturated heterocycles. The minimum Gasteiger partial charge on any atom is -0.244 e. The monoisotopic (exact) mass is 335 g/mol. The number of hydrogen-bond donors (Lipinski definition) is 0. The molecule has 4 nitrogen and oxygen atoms in total. The van der Waals surface area contributed by atoms with Gasteiger partial charge in [-0.05, 0) is 18.2 Å². The Kier molecular flexibility index (Phi) is 4.71. The standard InChI is InChI=1S/C8H8Cl3NO3S2/c1-2-16(13,12-17(11,14)15)6-3-4-7(9)8(10)5-6/h3-5H,2H2,1H3/t16-/m1/s1. The lowest BCUT2D eigenvalue weighted by Crippen LogP contribution is -2.06. The molecule has 9 heteroatoms.